The highest BCUT2D eigenvalue weighted by Gasteiger charge is 2.23. The molecule has 0 saturated heterocycles. The number of halogens is 2. The van der Waals surface area contributed by atoms with Gasteiger partial charge in [-0.05, 0) is 66.7 Å². The molecule has 0 spiro atoms. The van der Waals surface area contributed by atoms with E-state index >= 15 is 0 Å². The molecular weight excluding hydrogens is 367 g/mol. The van der Waals surface area contributed by atoms with Crippen LogP contribution in [-0.4, -0.2) is 10.5 Å². The maximum atomic E-state index is 13.1. The highest BCUT2D eigenvalue weighted by Crippen LogP contribution is 2.31. The van der Waals surface area contributed by atoms with E-state index in [9.17, 15) is 9.18 Å². The summed E-state index contributed by atoms with van der Waals surface area (Å²) in [6.45, 7) is 5.03. The first-order valence-corrected chi connectivity index (χ1v) is 8.77. The topological polar surface area (TPSA) is 34.4 Å². The molecule has 1 fully saturated rings. The highest BCUT2D eigenvalue weighted by molar-refractivity contribution is 9.10. The molecule has 3 nitrogen and oxygen atoms in total. The minimum absolute atomic E-state index is 0.349. The second kappa shape index (κ2) is 6.08. The number of hydrogen-bond acceptors (Lipinski definition) is 2. The van der Waals surface area contributed by atoms with Crippen molar-refractivity contribution in [1.82, 2.24) is 4.57 Å². The first kappa shape index (κ1) is 15.6. The Kier molecular flexibility index (Phi) is 4.32. The lowest BCUT2D eigenvalue weighted by Crippen LogP contribution is -2.19. The van der Waals surface area contributed by atoms with Crippen molar-refractivity contribution in [1.29, 1.82) is 0 Å². The van der Waals surface area contributed by atoms with Crippen molar-refractivity contribution in [3.05, 3.63) is 49.4 Å². The van der Waals surface area contributed by atoms with Gasteiger partial charge in [-0.2, -0.15) is 4.99 Å². The number of rotatable bonds is 3. The lowest BCUT2D eigenvalue weighted by atomic mass is 10.2. The number of aryl methyl sites for hydroxylation is 1. The lowest BCUT2D eigenvalue weighted by Gasteiger charge is -2.05. The Hall–Kier alpha value is -1.27. The van der Waals surface area contributed by atoms with Crippen molar-refractivity contribution in [3.8, 4) is 0 Å². The molecule has 0 bridgehead atoms. The van der Waals surface area contributed by atoms with Crippen LogP contribution in [0.1, 0.15) is 33.8 Å². The second-order valence-corrected chi connectivity index (χ2v) is 7.66. The van der Waals surface area contributed by atoms with Crippen LogP contribution in [0, 0.1) is 25.6 Å². The number of carbonyl (C=O) groups excluding carboxylic acids is 1. The maximum absolute atomic E-state index is 13.1. The molecule has 0 atom stereocenters. The fraction of sp³-hybridized carbons (Fsp3) is 0.375. The van der Waals surface area contributed by atoms with Crippen molar-refractivity contribution in [2.75, 3.05) is 0 Å². The molecular formula is C16H16BrFN2OS. The molecule has 3 rings (SSSR count). The van der Waals surface area contributed by atoms with Crippen LogP contribution in [0.3, 0.4) is 0 Å². The van der Waals surface area contributed by atoms with Gasteiger partial charge in [0.15, 0.2) is 4.80 Å². The van der Waals surface area contributed by atoms with Gasteiger partial charge in [0.25, 0.3) is 5.91 Å². The minimum Gasteiger partial charge on any atom is -0.320 e. The van der Waals surface area contributed by atoms with Crippen LogP contribution in [0.25, 0.3) is 0 Å². The van der Waals surface area contributed by atoms with Gasteiger partial charge in [-0.1, -0.05) is 0 Å². The van der Waals surface area contributed by atoms with Crippen molar-refractivity contribution < 1.29 is 9.18 Å². The standard InChI is InChI=1S/C16H16BrFN2OS/c1-9-10(2)22-16(20(9)8-11-3-4-11)19-15(21)13-6-5-12(18)7-14(13)17/h5-7,11H,3-4,8H2,1-2H3/b19-16-. The summed E-state index contributed by atoms with van der Waals surface area (Å²) in [4.78, 5) is 18.6. The van der Waals surface area contributed by atoms with E-state index in [4.69, 9.17) is 0 Å². The van der Waals surface area contributed by atoms with Gasteiger partial charge in [-0.25, -0.2) is 4.39 Å². The Bertz CT molecular complexity index is 805. The van der Waals surface area contributed by atoms with Gasteiger partial charge in [0.05, 0.1) is 5.56 Å². The number of amides is 1. The van der Waals surface area contributed by atoms with Gasteiger partial charge in [0.1, 0.15) is 5.82 Å². The predicted molar refractivity (Wildman–Crippen MR) is 88.5 cm³/mol. The van der Waals surface area contributed by atoms with Gasteiger partial charge in [0, 0.05) is 21.6 Å². The summed E-state index contributed by atoms with van der Waals surface area (Å²) in [6, 6.07) is 4.02. The molecule has 22 heavy (non-hydrogen) atoms. The van der Waals surface area contributed by atoms with Crippen LogP contribution in [0.4, 0.5) is 4.39 Å². The SMILES string of the molecule is Cc1s/c(=N\C(=O)c2ccc(F)cc2Br)n(CC2CC2)c1C. The van der Waals surface area contributed by atoms with Gasteiger partial charge in [-0.15, -0.1) is 11.3 Å². The summed E-state index contributed by atoms with van der Waals surface area (Å²) in [7, 11) is 0. The molecule has 1 aliphatic carbocycles. The number of benzene rings is 1. The summed E-state index contributed by atoms with van der Waals surface area (Å²) in [5.41, 5.74) is 1.55. The Balaban J connectivity index is 2.00. The van der Waals surface area contributed by atoms with Crippen LogP contribution in [0.2, 0.25) is 0 Å². The first-order chi connectivity index (χ1) is 10.5. The number of hydrogen-bond donors (Lipinski definition) is 0. The Morgan fingerprint density at radius 3 is 2.82 bits per heavy atom. The summed E-state index contributed by atoms with van der Waals surface area (Å²) in [5.74, 6) is -0.0213. The third-order valence-electron chi connectivity index (χ3n) is 3.89. The third kappa shape index (κ3) is 3.22. The van der Waals surface area contributed by atoms with Gasteiger partial charge in [-0.3, -0.25) is 4.79 Å². The molecule has 0 radical (unpaired) electrons. The van der Waals surface area contributed by atoms with E-state index in [2.05, 4.69) is 32.4 Å². The summed E-state index contributed by atoms with van der Waals surface area (Å²) >= 11 is 4.75. The van der Waals surface area contributed by atoms with Crippen molar-refractivity contribution in [3.63, 3.8) is 0 Å². The van der Waals surface area contributed by atoms with E-state index < -0.39 is 0 Å². The van der Waals surface area contributed by atoms with E-state index in [-0.39, 0.29) is 11.7 Å². The average molecular weight is 383 g/mol. The highest BCUT2D eigenvalue weighted by atomic mass is 79.9. The Labute approximate surface area is 140 Å². The molecule has 1 aliphatic rings. The van der Waals surface area contributed by atoms with E-state index in [1.54, 1.807) is 0 Å². The minimum atomic E-state index is -0.380. The van der Waals surface area contributed by atoms with Gasteiger partial charge in [0.2, 0.25) is 0 Å². The Morgan fingerprint density at radius 2 is 2.18 bits per heavy atom. The molecule has 0 aliphatic heterocycles. The number of aromatic nitrogens is 1. The quantitative estimate of drug-likeness (QED) is 0.782. The van der Waals surface area contributed by atoms with E-state index in [0.717, 1.165) is 11.3 Å². The number of nitrogens with zero attached hydrogens (tertiary/aromatic N) is 2. The van der Waals surface area contributed by atoms with Crippen LogP contribution >= 0.6 is 27.3 Å². The van der Waals surface area contributed by atoms with E-state index in [1.807, 2.05) is 6.92 Å². The molecule has 1 saturated carbocycles. The van der Waals surface area contributed by atoms with E-state index in [0.29, 0.717) is 16.0 Å². The molecule has 2 aromatic rings. The molecule has 0 N–H and O–H groups in total. The number of thiazole rings is 1. The van der Waals surface area contributed by atoms with Crippen LogP contribution < -0.4 is 4.80 Å². The van der Waals surface area contributed by atoms with E-state index in [1.165, 1.54) is 52.9 Å². The largest absolute Gasteiger partial charge is 0.320 e. The molecule has 1 aromatic carbocycles. The monoisotopic (exact) mass is 382 g/mol. The van der Waals surface area contributed by atoms with Crippen molar-refractivity contribution in [2.45, 2.75) is 33.2 Å². The molecule has 6 heteroatoms. The lowest BCUT2D eigenvalue weighted by molar-refractivity contribution is 0.0997. The molecule has 1 heterocycles. The molecule has 0 unspecified atom stereocenters. The fourth-order valence-electron chi connectivity index (χ4n) is 2.27. The van der Waals surface area contributed by atoms with Crippen LogP contribution in [0.5, 0.6) is 0 Å². The van der Waals surface area contributed by atoms with Crippen LogP contribution in [-0.2, 0) is 6.54 Å². The number of carbonyl (C=O) groups is 1. The predicted octanol–water partition coefficient (Wildman–Crippen LogP) is 4.22. The zero-order valence-electron chi connectivity index (χ0n) is 12.4. The molecule has 1 amide bonds. The smallest absolute Gasteiger partial charge is 0.280 e. The first-order valence-electron chi connectivity index (χ1n) is 7.16. The normalized spacial score (nSPS) is 15.4. The summed E-state index contributed by atoms with van der Waals surface area (Å²) < 4.78 is 15.7. The van der Waals surface area contributed by atoms with Gasteiger partial charge >= 0.3 is 0 Å². The fourth-order valence-corrected chi connectivity index (χ4v) is 3.77. The molecule has 1 aromatic heterocycles. The van der Waals surface area contributed by atoms with Crippen molar-refractivity contribution >= 4 is 33.2 Å². The third-order valence-corrected chi connectivity index (χ3v) is 5.64. The van der Waals surface area contributed by atoms with Crippen molar-refractivity contribution in [2.24, 2.45) is 10.9 Å². The Morgan fingerprint density at radius 1 is 1.45 bits per heavy atom. The van der Waals surface area contributed by atoms with Crippen LogP contribution in [0.15, 0.2) is 27.7 Å². The average Bonchev–Trinajstić information content (AvgIpc) is 3.22. The summed E-state index contributed by atoms with van der Waals surface area (Å²) in [6.07, 6.45) is 2.50. The maximum Gasteiger partial charge on any atom is 0.280 e. The molecule has 116 valence electrons. The zero-order chi connectivity index (χ0) is 15.9. The zero-order valence-corrected chi connectivity index (χ0v) is 14.8. The summed E-state index contributed by atoms with van der Waals surface area (Å²) in [5, 5.41) is 0. The van der Waals surface area contributed by atoms with Gasteiger partial charge < -0.3 is 4.57 Å². The second-order valence-electron chi connectivity index (χ2n) is 5.62.